The Morgan fingerprint density at radius 2 is 1.77 bits per heavy atom. The zero-order valence-corrected chi connectivity index (χ0v) is 22.6. The molecule has 3 amide bonds. The van der Waals surface area contributed by atoms with E-state index in [0.717, 1.165) is 74.3 Å². The molecule has 4 heterocycles. The maximum absolute atomic E-state index is 12.7. The monoisotopic (exact) mass is 538 g/mol. The van der Waals surface area contributed by atoms with Crippen molar-refractivity contribution < 1.29 is 23.9 Å². The summed E-state index contributed by atoms with van der Waals surface area (Å²) in [5.74, 6) is -0.136. The number of aromatic nitrogens is 1. The number of piperidine rings is 1. The first kappa shape index (κ1) is 27.1. The minimum absolute atomic E-state index is 0.136. The van der Waals surface area contributed by atoms with E-state index in [4.69, 9.17) is 9.47 Å². The van der Waals surface area contributed by atoms with Crippen LogP contribution in [0.4, 0.5) is 16.2 Å². The van der Waals surface area contributed by atoms with Gasteiger partial charge in [0.1, 0.15) is 0 Å². The second-order valence-electron chi connectivity index (χ2n) is 10.4. The number of amides is 3. The Bertz CT molecular complexity index is 1160. The molecule has 0 spiro atoms. The number of nitrogens with one attached hydrogen (secondary N) is 1. The summed E-state index contributed by atoms with van der Waals surface area (Å²) in [5.41, 5.74) is 2.38. The quantitative estimate of drug-likeness (QED) is 0.535. The molecular weight excluding hydrogens is 500 g/mol. The van der Waals surface area contributed by atoms with Gasteiger partial charge in [0.25, 0.3) is 5.91 Å². The van der Waals surface area contributed by atoms with Crippen molar-refractivity contribution in [1.29, 1.82) is 0 Å². The molecule has 0 bridgehead atoms. The Morgan fingerprint density at radius 1 is 1.05 bits per heavy atom. The van der Waals surface area contributed by atoms with Crippen LogP contribution in [0.1, 0.15) is 25.7 Å². The fourth-order valence-electron chi connectivity index (χ4n) is 5.93. The highest BCUT2D eigenvalue weighted by molar-refractivity contribution is 6.01. The number of hydrogen-bond donors (Lipinski definition) is 1. The minimum atomic E-state index is -0.444. The fourth-order valence-corrected chi connectivity index (χ4v) is 5.93. The van der Waals surface area contributed by atoms with Crippen molar-refractivity contribution in [2.75, 3.05) is 76.4 Å². The average Bonchev–Trinajstić information content (AvgIpc) is 3.00. The normalized spacial score (nSPS) is 19.6. The molecule has 0 aliphatic carbocycles. The van der Waals surface area contributed by atoms with Gasteiger partial charge in [-0.2, -0.15) is 0 Å². The summed E-state index contributed by atoms with van der Waals surface area (Å²) in [6, 6.07) is 8.40. The van der Waals surface area contributed by atoms with Gasteiger partial charge in [0.2, 0.25) is 6.41 Å². The lowest BCUT2D eigenvalue weighted by Crippen LogP contribution is -2.54. The van der Waals surface area contributed by atoms with E-state index >= 15 is 0 Å². The van der Waals surface area contributed by atoms with E-state index in [1.807, 2.05) is 31.3 Å². The van der Waals surface area contributed by atoms with Crippen LogP contribution in [-0.4, -0.2) is 116 Å². The predicted octanol–water partition coefficient (Wildman–Crippen LogP) is 2.16. The van der Waals surface area contributed by atoms with Gasteiger partial charge in [-0.15, -0.1) is 0 Å². The minimum Gasteiger partial charge on any atom is -0.439 e. The van der Waals surface area contributed by atoms with E-state index in [9.17, 15) is 14.4 Å². The Kier molecular flexibility index (Phi) is 8.77. The van der Waals surface area contributed by atoms with Gasteiger partial charge in [0.15, 0.2) is 6.61 Å². The number of para-hydroxylation sites is 1. The number of carbonyl (C=O) groups excluding carboxylic acids is 3. The zero-order valence-electron chi connectivity index (χ0n) is 22.6. The third kappa shape index (κ3) is 6.25. The lowest BCUT2D eigenvalue weighted by molar-refractivity contribution is -0.137. The molecule has 0 saturated carbocycles. The largest absolute Gasteiger partial charge is 0.439 e. The standard InChI is InChI=1S/C28H38N6O5/c1-31(25-18-29-24-5-3-2-4-23(24)27(25)30-20-35)21-6-10-34(11-7-21)28(37)39-19-26(36)33-14-12-32(13-15-33)22-8-16-38-17-9-22/h2-5,18,20-22H,6-17,19H2,1H3,(H,29,30,35). The highest BCUT2D eigenvalue weighted by atomic mass is 16.6. The van der Waals surface area contributed by atoms with Gasteiger partial charge in [-0.3, -0.25) is 19.5 Å². The molecule has 0 atom stereocenters. The third-order valence-electron chi connectivity index (χ3n) is 8.30. The SMILES string of the molecule is CN(c1cnc2ccccc2c1NC=O)C1CCN(C(=O)OCC(=O)N2CCN(C3CCOCC3)CC2)CC1. The van der Waals surface area contributed by atoms with Gasteiger partial charge >= 0.3 is 6.09 Å². The number of rotatable bonds is 7. The number of piperazine rings is 1. The molecule has 39 heavy (non-hydrogen) atoms. The van der Waals surface area contributed by atoms with E-state index in [0.29, 0.717) is 38.6 Å². The van der Waals surface area contributed by atoms with Crippen LogP contribution in [0.25, 0.3) is 10.9 Å². The van der Waals surface area contributed by atoms with E-state index in [2.05, 4.69) is 20.1 Å². The van der Waals surface area contributed by atoms with Crippen LogP contribution >= 0.6 is 0 Å². The summed E-state index contributed by atoms with van der Waals surface area (Å²) < 4.78 is 10.9. The van der Waals surface area contributed by atoms with Crippen LogP contribution in [0, 0.1) is 0 Å². The Labute approximate surface area is 229 Å². The summed E-state index contributed by atoms with van der Waals surface area (Å²) in [5, 5.41) is 3.73. The number of pyridine rings is 1. The molecule has 1 N–H and O–H groups in total. The maximum Gasteiger partial charge on any atom is 0.410 e. The molecule has 3 saturated heterocycles. The molecule has 0 radical (unpaired) electrons. The van der Waals surface area contributed by atoms with Crippen molar-refractivity contribution in [3.05, 3.63) is 30.5 Å². The van der Waals surface area contributed by atoms with E-state index in [1.165, 1.54) is 0 Å². The third-order valence-corrected chi connectivity index (χ3v) is 8.30. The molecule has 210 valence electrons. The van der Waals surface area contributed by atoms with Crippen molar-refractivity contribution in [3.63, 3.8) is 0 Å². The lowest BCUT2D eigenvalue weighted by Gasteiger charge is -2.40. The molecule has 11 heteroatoms. The highest BCUT2D eigenvalue weighted by Gasteiger charge is 2.30. The molecule has 0 unspecified atom stereocenters. The number of carbonyl (C=O) groups is 3. The fraction of sp³-hybridized carbons (Fsp3) is 0.571. The number of fused-ring (bicyclic) bond motifs is 1. The van der Waals surface area contributed by atoms with Crippen molar-refractivity contribution in [1.82, 2.24) is 19.7 Å². The van der Waals surface area contributed by atoms with Crippen molar-refractivity contribution in [2.45, 2.75) is 37.8 Å². The summed E-state index contributed by atoms with van der Waals surface area (Å²) in [7, 11) is 1.99. The first-order chi connectivity index (χ1) is 19.0. The average molecular weight is 539 g/mol. The van der Waals surface area contributed by atoms with Gasteiger partial charge < -0.3 is 29.5 Å². The van der Waals surface area contributed by atoms with Crippen LogP contribution in [0.3, 0.4) is 0 Å². The summed E-state index contributed by atoms with van der Waals surface area (Å²) in [4.78, 5) is 49.4. The van der Waals surface area contributed by atoms with Gasteiger partial charge in [0.05, 0.1) is 23.1 Å². The molecular formula is C28H38N6O5. The molecule has 3 aliphatic rings. The number of hydrogen-bond acceptors (Lipinski definition) is 8. The van der Waals surface area contributed by atoms with Crippen LogP contribution in [0.5, 0.6) is 0 Å². The molecule has 3 fully saturated rings. The van der Waals surface area contributed by atoms with Crippen molar-refractivity contribution >= 4 is 40.7 Å². The highest BCUT2D eigenvalue weighted by Crippen LogP contribution is 2.34. The van der Waals surface area contributed by atoms with Crippen LogP contribution in [0.15, 0.2) is 30.5 Å². The first-order valence-corrected chi connectivity index (χ1v) is 13.9. The van der Waals surface area contributed by atoms with E-state index < -0.39 is 6.09 Å². The van der Waals surface area contributed by atoms with Gasteiger partial charge in [0, 0.05) is 77.0 Å². The zero-order chi connectivity index (χ0) is 27.2. The predicted molar refractivity (Wildman–Crippen MR) is 148 cm³/mol. The molecule has 2 aromatic rings. The van der Waals surface area contributed by atoms with Crippen molar-refractivity contribution in [3.8, 4) is 0 Å². The van der Waals surface area contributed by atoms with Gasteiger partial charge in [-0.05, 0) is 31.7 Å². The van der Waals surface area contributed by atoms with Crippen LogP contribution < -0.4 is 10.2 Å². The van der Waals surface area contributed by atoms with E-state index in [-0.39, 0.29) is 18.6 Å². The summed E-state index contributed by atoms with van der Waals surface area (Å²) >= 11 is 0. The summed E-state index contributed by atoms with van der Waals surface area (Å²) in [6.45, 7) is 5.49. The van der Waals surface area contributed by atoms with Crippen molar-refractivity contribution in [2.24, 2.45) is 0 Å². The molecule has 11 nitrogen and oxygen atoms in total. The lowest BCUT2D eigenvalue weighted by atomic mass is 10.0. The number of likely N-dealkylation sites (tertiary alicyclic amines) is 1. The molecule has 5 rings (SSSR count). The second kappa shape index (κ2) is 12.6. The van der Waals surface area contributed by atoms with Crippen LogP contribution in [-0.2, 0) is 19.1 Å². The summed E-state index contributed by atoms with van der Waals surface area (Å²) in [6.07, 6.45) is 5.60. The first-order valence-electron chi connectivity index (χ1n) is 13.9. The van der Waals surface area contributed by atoms with Crippen LogP contribution in [0.2, 0.25) is 0 Å². The number of ether oxygens (including phenoxy) is 2. The smallest absolute Gasteiger partial charge is 0.410 e. The number of benzene rings is 1. The topological polar surface area (TPSA) is 108 Å². The maximum atomic E-state index is 12.7. The van der Waals surface area contributed by atoms with Gasteiger partial charge in [-0.25, -0.2) is 4.79 Å². The number of anilines is 2. The molecule has 1 aromatic carbocycles. The Hall–Kier alpha value is -3.44. The molecule has 3 aliphatic heterocycles. The second-order valence-corrected chi connectivity index (χ2v) is 10.4. The molecule has 1 aromatic heterocycles. The van der Waals surface area contributed by atoms with E-state index in [1.54, 1.807) is 16.0 Å². The Morgan fingerprint density at radius 3 is 2.49 bits per heavy atom. The van der Waals surface area contributed by atoms with Gasteiger partial charge in [-0.1, -0.05) is 18.2 Å². The Balaban J connectivity index is 1.08. The number of nitrogens with zero attached hydrogens (tertiary/aromatic N) is 5.